The molecule has 2 aromatic carbocycles. The molecule has 3 rings (SSSR count). The fourth-order valence-corrected chi connectivity index (χ4v) is 3.82. The second-order valence-electron chi connectivity index (χ2n) is 5.97. The second kappa shape index (κ2) is 6.98. The number of nitrogens with one attached hydrogen (secondary N) is 1. The van der Waals surface area contributed by atoms with Crippen LogP contribution in [0.15, 0.2) is 36.4 Å². The predicted octanol–water partition coefficient (Wildman–Crippen LogP) is 3.47. The van der Waals surface area contributed by atoms with Gasteiger partial charge in [-0.2, -0.15) is 0 Å². The van der Waals surface area contributed by atoms with Crippen molar-refractivity contribution in [2.24, 2.45) is 0 Å². The van der Waals surface area contributed by atoms with Crippen LogP contribution in [0.1, 0.15) is 5.56 Å². The molecular weight excluding hydrogens is 399 g/mol. The molecule has 9 heteroatoms. The molecule has 138 valence electrons. The maximum atomic E-state index is 12.6. The first kappa shape index (κ1) is 18.8. The van der Waals surface area contributed by atoms with Crippen LogP contribution in [-0.2, 0) is 14.8 Å². The molecule has 2 aromatic rings. The molecule has 0 saturated carbocycles. The number of ether oxygens (including phenoxy) is 1. The number of fused-ring (bicyclic) bond motifs is 1. The fraction of sp³-hybridized carbons (Fsp3) is 0.235. The quantitative estimate of drug-likeness (QED) is 0.833. The second-order valence-corrected chi connectivity index (χ2v) is 8.72. The number of amides is 1. The Bertz CT molecular complexity index is 979. The lowest BCUT2D eigenvalue weighted by atomic mass is 10.2. The highest BCUT2D eigenvalue weighted by atomic mass is 35.5. The molecule has 0 saturated heterocycles. The van der Waals surface area contributed by atoms with Gasteiger partial charge in [0, 0.05) is 15.7 Å². The first-order valence-electron chi connectivity index (χ1n) is 7.66. The topological polar surface area (TPSA) is 75.7 Å². The molecule has 0 aromatic heterocycles. The van der Waals surface area contributed by atoms with Crippen molar-refractivity contribution in [3.8, 4) is 5.75 Å². The molecule has 0 fully saturated rings. The third-order valence-corrected chi connectivity index (χ3v) is 5.71. The fourth-order valence-electron chi connectivity index (χ4n) is 2.57. The normalized spacial score (nSPS) is 16.6. The highest BCUT2D eigenvalue weighted by Crippen LogP contribution is 2.37. The van der Waals surface area contributed by atoms with Crippen molar-refractivity contribution in [1.29, 1.82) is 0 Å². The van der Waals surface area contributed by atoms with Crippen LogP contribution < -0.4 is 14.4 Å². The van der Waals surface area contributed by atoms with Crippen molar-refractivity contribution in [3.63, 3.8) is 0 Å². The maximum absolute atomic E-state index is 12.6. The number of halogens is 2. The molecule has 26 heavy (non-hydrogen) atoms. The lowest BCUT2D eigenvalue weighted by Gasteiger charge is -2.34. The van der Waals surface area contributed by atoms with Gasteiger partial charge in [-0.25, -0.2) is 8.42 Å². The number of sulfonamides is 1. The van der Waals surface area contributed by atoms with E-state index in [1.165, 1.54) is 12.1 Å². The Morgan fingerprint density at radius 2 is 1.96 bits per heavy atom. The number of nitrogens with zero attached hydrogens (tertiary/aromatic N) is 1. The van der Waals surface area contributed by atoms with Gasteiger partial charge in [0.2, 0.25) is 10.0 Å². The minimum atomic E-state index is -3.61. The van der Waals surface area contributed by atoms with E-state index in [-0.39, 0.29) is 12.3 Å². The number of anilines is 2. The Kier molecular flexibility index (Phi) is 5.05. The summed E-state index contributed by atoms with van der Waals surface area (Å²) in [7, 11) is -3.61. The lowest BCUT2D eigenvalue weighted by Crippen LogP contribution is -2.48. The zero-order valence-electron chi connectivity index (χ0n) is 14.0. The summed E-state index contributed by atoms with van der Waals surface area (Å²) in [4.78, 5) is 12.6. The molecule has 6 nitrogen and oxygen atoms in total. The number of hydrogen-bond acceptors (Lipinski definition) is 4. The van der Waals surface area contributed by atoms with Crippen molar-refractivity contribution >= 4 is 50.5 Å². The highest BCUT2D eigenvalue weighted by Gasteiger charge is 2.35. The van der Waals surface area contributed by atoms with E-state index >= 15 is 0 Å². The van der Waals surface area contributed by atoms with Crippen LogP contribution in [0, 0.1) is 6.92 Å². The van der Waals surface area contributed by atoms with Gasteiger partial charge in [0.15, 0.2) is 6.10 Å². The van der Waals surface area contributed by atoms with E-state index in [4.69, 9.17) is 27.9 Å². The van der Waals surface area contributed by atoms with Gasteiger partial charge >= 0.3 is 0 Å². The van der Waals surface area contributed by atoms with Crippen LogP contribution in [-0.4, -0.2) is 33.2 Å². The first-order valence-corrected chi connectivity index (χ1v) is 10.3. The number of benzene rings is 2. The van der Waals surface area contributed by atoms with Crippen LogP contribution in [0.25, 0.3) is 0 Å². The van der Waals surface area contributed by atoms with Gasteiger partial charge in [-0.05, 0) is 42.8 Å². The summed E-state index contributed by atoms with van der Waals surface area (Å²) in [6.07, 6.45) is 0.0519. The number of aryl methyl sites for hydroxylation is 1. The summed E-state index contributed by atoms with van der Waals surface area (Å²) in [5.74, 6) is -0.202. The van der Waals surface area contributed by atoms with Crippen molar-refractivity contribution in [3.05, 3.63) is 52.0 Å². The van der Waals surface area contributed by atoms with Gasteiger partial charge in [-0.1, -0.05) is 29.3 Å². The number of carbonyl (C=O) groups excluding carboxylic acids is 1. The van der Waals surface area contributed by atoms with Crippen LogP contribution in [0.2, 0.25) is 10.0 Å². The number of carbonyl (C=O) groups is 1. The maximum Gasteiger partial charge on any atom is 0.267 e. The SMILES string of the molecule is Cc1ccc(NC(=O)[C@@H]2CN(S(C)(=O)=O)c3cc(Cl)ccc3O2)cc1Cl. The Labute approximate surface area is 161 Å². The zero-order chi connectivity index (χ0) is 19.1. The number of rotatable bonds is 3. The third-order valence-electron chi connectivity index (χ3n) is 3.92. The van der Waals surface area contributed by atoms with Crippen molar-refractivity contribution < 1.29 is 17.9 Å². The molecule has 1 amide bonds. The average molecular weight is 415 g/mol. The van der Waals surface area contributed by atoms with Crippen LogP contribution in [0.3, 0.4) is 0 Å². The van der Waals surface area contributed by atoms with Gasteiger partial charge in [0.05, 0.1) is 18.5 Å². The Hall–Kier alpha value is -1.96. The molecule has 0 aliphatic carbocycles. The molecule has 0 bridgehead atoms. The minimum Gasteiger partial charge on any atom is -0.476 e. The van der Waals surface area contributed by atoms with Gasteiger partial charge in [0.25, 0.3) is 5.91 Å². The van der Waals surface area contributed by atoms with E-state index in [0.29, 0.717) is 21.4 Å². The summed E-state index contributed by atoms with van der Waals surface area (Å²) in [5.41, 5.74) is 1.69. The molecule has 0 radical (unpaired) electrons. The average Bonchev–Trinajstić information content (AvgIpc) is 2.56. The number of hydrogen-bond donors (Lipinski definition) is 1. The Balaban J connectivity index is 1.88. The molecule has 1 heterocycles. The smallest absolute Gasteiger partial charge is 0.267 e. The molecular formula is C17H16Cl2N2O4S. The van der Waals surface area contributed by atoms with E-state index in [1.54, 1.807) is 24.3 Å². The monoisotopic (exact) mass is 414 g/mol. The molecule has 1 aliphatic rings. The largest absolute Gasteiger partial charge is 0.476 e. The summed E-state index contributed by atoms with van der Waals surface area (Å²) in [6.45, 7) is 1.70. The molecule has 0 unspecified atom stereocenters. The molecule has 1 aliphatic heterocycles. The molecule has 0 spiro atoms. The van der Waals surface area contributed by atoms with Crippen LogP contribution in [0.5, 0.6) is 5.75 Å². The lowest BCUT2D eigenvalue weighted by molar-refractivity contribution is -0.122. The van der Waals surface area contributed by atoms with E-state index < -0.39 is 22.0 Å². The highest BCUT2D eigenvalue weighted by molar-refractivity contribution is 7.92. The molecule has 1 atom stereocenters. The van der Waals surface area contributed by atoms with Crippen molar-refractivity contribution in [1.82, 2.24) is 0 Å². The van der Waals surface area contributed by atoms with E-state index in [1.807, 2.05) is 6.92 Å². The third kappa shape index (κ3) is 3.90. The zero-order valence-corrected chi connectivity index (χ0v) is 16.3. The standard InChI is InChI=1S/C17H16Cl2N2O4S/c1-10-3-5-12(8-13(10)19)20-17(22)16-9-21(26(2,23)24)14-7-11(18)4-6-15(14)25-16/h3-8,16H,9H2,1-2H3,(H,20,22)/t16-/m0/s1. The van der Waals surface area contributed by atoms with Gasteiger partial charge in [-0.3, -0.25) is 9.10 Å². The van der Waals surface area contributed by atoms with Crippen molar-refractivity contribution in [2.75, 3.05) is 22.4 Å². The van der Waals surface area contributed by atoms with E-state index in [0.717, 1.165) is 16.1 Å². The Morgan fingerprint density at radius 3 is 2.62 bits per heavy atom. The van der Waals surface area contributed by atoms with Gasteiger partial charge in [0.1, 0.15) is 5.75 Å². The minimum absolute atomic E-state index is 0.155. The van der Waals surface area contributed by atoms with Gasteiger partial charge in [-0.15, -0.1) is 0 Å². The Morgan fingerprint density at radius 1 is 1.23 bits per heavy atom. The first-order chi connectivity index (χ1) is 12.1. The van der Waals surface area contributed by atoms with E-state index in [9.17, 15) is 13.2 Å². The summed E-state index contributed by atoms with van der Waals surface area (Å²) in [6, 6.07) is 9.72. The predicted molar refractivity (Wildman–Crippen MR) is 103 cm³/mol. The van der Waals surface area contributed by atoms with Crippen LogP contribution >= 0.6 is 23.2 Å². The van der Waals surface area contributed by atoms with Crippen LogP contribution in [0.4, 0.5) is 11.4 Å². The van der Waals surface area contributed by atoms with E-state index in [2.05, 4.69) is 5.32 Å². The van der Waals surface area contributed by atoms with Gasteiger partial charge < -0.3 is 10.1 Å². The summed E-state index contributed by atoms with van der Waals surface area (Å²) in [5, 5.41) is 3.59. The van der Waals surface area contributed by atoms with Crippen molar-refractivity contribution in [2.45, 2.75) is 13.0 Å². The summed E-state index contributed by atoms with van der Waals surface area (Å²) >= 11 is 12.0. The molecule has 1 N–H and O–H groups in total. The summed E-state index contributed by atoms with van der Waals surface area (Å²) < 4.78 is 31.1.